The molecule has 1 aromatic carbocycles. The van der Waals surface area contributed by atoms with E-state index in [-0.39, 0.29) is 5.91 Å². The smallest absolute Gasteiger partial charge is 0.224 e. The number of ether oxygens (including phenoxy) is 1. The van der Waals surface area contributed by atoms with E-state index in [4.69, 9.17) is 16.3 Å². The van der Waals surface area contributed by atoms with Gasteiger partial charge in [0.2, 0.25) is 5.91 Å². The molecule has 0 aromatic heterocycles. The summed E-state index contributed by atoms with van der Waals surface area (Å²) in [5.74, 6) is 0.371. The highest BCUT2D eigenvalue weighted by Gasteiger charge is 2.06. The van der Waals surface area contributed by atoms with Gasteiger partial charge in [-0.1, -0.05) is 25.4 Å². The lowest BCUT2D eigenvalue weighted by molar-refractivity contribution is -0.115. The molecule has 1 aromatic rings. The fourth-order valence-corrected chi connectivity index (χ4v) is 1.80. The Morgan fingerprint density at radius 2 is 2.21 bits per heavy atom. The van der Waals surface area contributed by atoms with Crippen LogP contribution in [0.1, 0.15) is 20.3 Å². The van der Waals surface area contributed by atoms with Crippen molar-refractivity contribution in [3.63, 3.8) is 0 Å². The van der Waals surface area contributed by atoms with Crippen molar-refractivity contribution in [2.24, 2.45) is 5.92 Å². The first-order chi connectivity index (χ1) is 9.06. The molecule has 4 nitrogen and oxygen atoms in total. The minimum atomic E-state index is -0.0129. The molecular weight excluding hydrogens is 264 g/mol. The fraction of sp³-hybridized carbons (Fsp3) is 0.500. The second-order valence-corrected chi connectivity index (χ2v) is 4.94. The largest absolute Gasteiger partial charge is 0.384 e. The van der Waals surface area contributed by atoms with E-state index in [1.807, 2.05) is 13.0 Å². The number of carbonyl (C=O) groups is 1. The number of carbonyl (C=O) groups excluding carboxylic acids is 1. The van der Waals surface area contributed by atoms with Crippen LogP contribution in [0.2, 0.25) is 5.02 Å². The highest BCUT2D eigenvalue weighted by molar-refractivity contribution is 6.33. The molecule has 0 radical (unpaired) electrons. The van der Waals surface area contributed by atoms with Gasteiger partial charge in [0, 0.05) is 25.8 Å². The van der Waals surface area contributed by atoms with E-state index in [0.29, 0.717) is 24.0 Å². The standard InChI is InChI=1S/C14H21ClN2O2/c1-4-14(18)17-11-5-6-12(15)13(7-11)16-8-10(2)9-19-3/h5-7,10,16H,4,8-9H2,1-3H3,(H,17,18). The molecule has 1 unspecified atom stereocenters. The van der Waals surface area contributed by atoms with Gasteiger partial charge in [-0.05, 0) is 24.1 Å². The zero-order valence-electron chi connectivity index (χ0n) is 11.6. The summed E-state index contributed by atoms with van der Waals surface area (Å²) < 4.78 is 5.08. The molecule has 0 saturated heterocycles. The van der Waals surface area contributed by atoms with Crippen molar-refractivity contribution >= 4 is 28.9 Å². The highest BCUT2D eigenvalue weighted by atomic mass is 35.5. The lowest BCUT2D eigenvalue weighted by atomic mass is 10.2. The predicted octanol–water partition coefficient (Wildman–Crippen LogP) is 3.38. The topological polar surface area (TPSA) is 50.4 Å². The first-order valence-electron chi connectivity index (χ1n) is 6.39. The van der Waals surface area contributed by atoms with Crippen LogP contribution in [0.3, 0.4) is 0 Å². The summed E-state index contributed by atoms with van der Waals surface area (Å²) >= 11 is 6.12. The van der Waals surface area contributed by atoms with Crippen molar-refractivity contribution < 1.29 is 9.53 Å². The Balaban J connectivity index is 2.66. The van der Waals surface area contributed by atoms with Crippen LogP contribution in [0, 0.1) is 5.92 Å². The summed E-state index contributed by atoms with van der Waals surface area (Å²) in [7, 11) is 1.68. The summed E-state index contributed by atoms with van der Waals surface area (Å²) in [6.07, 6.45) is 0.455. The van der Waals surface area contributed by atoms with E-state index in [9.17, 15) is 4.79 Å². The molecule has 0 aliphatic carbocycles. The summed E-state index contributed by atoms with van der Waals surface area (Å²) in [6, 6.07) is 5.41. The Kier molecular flexibility index (Phi) is 6.67. The first kappa shape index (κ1) is 15.8. The van der Waals surface area contributed by atoms with Crippen molar-refractivity contribution in [2.45, 2.75) is 20.3 Å². The molecule has 1 rings (SSSR count). The zero-order valence-corrected chi connectivity index (χ0v) is 12.4. The van der Waals surface area contributed by atoms with E-state index >= 15 is 0 Å². The van der Waals surface area contributed by atoms with Crippen molar-refractivity contribution in [1.82, 2.24) is 0 Å². The van der Waals surface area contributed by atoms with Gasteiger partial charge in [-0.25, -0.2) is 0 Å². The van der Waals surface area contributed by atoms with Gasteiger partial charge in [0.15, 0.2) is 0 Å². The molecule has 0 fully saturated rings. The van der Waals surface area contributed by atoms with Gasteiger partial charge in [0.05, 0.1) is 17.3 Å². The van der Waals surface area contributed by atoms with Gasteiger partial charge >= 0.3 is 0 Å². The molecule has 1 amide bonds. The van der Waals surface area contributed by atoms with Crippen molar-refractivity contribution in [3.05, 3.63) is 23.2 Å². The van der Waals surface area contributed by atoms with Crippen LogP contribution in [-0.2, 0) is 9.53 Å². The van der Waals surface area contributed by atoms with Gasteiger partial charge < -0.3 is 15.4 Å². The lowest BCUT2D eigenvalue weighted by Crippen LogP contribution is -2.16. The zero-order chi connectivity index (χ0) is 14.3. The summed E-state index contributed by atoms with van der Waals surface area (Å²) in [5, 5.41) is 6.71. The van der Waals surface area contributed by atoms with Gasteiger partial charge in [-0.15, -0.1) is 0 Å². The molecule has 106 valence electrons. The Labute approximate surface area is 119 Å². The molecule has 2 N–H and O–H groups in total. The Hall–Kier alpha value is -1.26. The second-order valence-electron chi connectivity index (χ2n) is 4.54. The van der Waals surface area contributed by atoms with Crippen LogP contribution in [0.5, 0.6) is 0 Å². The quantitative estimate of drug-likeness (QED) is 0.807. The third-order valence-corrected chi connectivity index (χ3v) is 2.99. The molecule has 0 spiro atoms. The number of anilines is 2. The van der Waals surface area contributed by atoms with Gasteiger partial charge in [0.25, 0.3) is 0 Å². The van der Waals surface area contributed by atoms with Crippen molar-refractivity contribution in [3.8, 4) is 0 Å². The number of rotatable bonds is 7. The molecule has 0 heterocycles. The van der Waals surface area contributed by atoms with Gasteiger partial charge in [-0.3, -0.25) is 4.79 Å². The molecule has 5 heteroatoms. The number of hydrogen-bond acceptors (Lipinski definition) is 3. The molecule has 0 aliphatic heterocycles. The number of benzene rings is 1. The first-order valence-corrected chi connectivity index (χ1v) is 6.76. The molecular formula is C14H21ClN2O2. The van der Waals surface area contributed by atoms with E-state index in [2.05, 4.69) is 17.6 Å². The fourth-order valence-electron chi connectivity index (χ4n) is 1.62. The number of methoxy groups -OCH3 is 1. The summed E-state index contributed by atoms with van der Waals surface area (Å²) in [6.45, 7) is 5.36. The SMILES string of the molecule is CCC(=O)Nc1ccc(Cl)c(NCC(C)COC)c1. The molecule has 0 bridgehead atoms. The number of amides is 1. The molecule has 19 heavy (non-hydrogen) atoms. The van der Waals surface area contributed by atoms with E-state index in [0.717, 1.165) is 17.9 Å². The minimum Gasteiger partial charge on any atom is -0.384 e. The highest BCUT2D eigenvalue weighted by Crippen LogP contribution is 2.25. The van der Waals surface area contributed by atoms with Gasteiger partial charge in [-0.2, -0.15) is 0 Å². The molecule has 0 aliphatic rings. The number of hydrogen-bond donors (Lipinski definition) is 2. The van der Waals surface area contributed by atoms with Crippen LogP contribution in [0.25, 0.3) is 0 Å². The van der Waals surface area contributed by atoms with Crippen molar-refractivity contribution in [1.29, 1.82) is 0 Å². The average Bonchev–Trinajstić information content (AvgIpc) is 2.39. The predicted molar refractivity (Wildman–Crippen MR) is 79.9 cm³/mol. The van der Waals surface area contributed by atoms with E-state index in [1.165, 1.54) is 0 Å². The third-order valence-electron chi connectivity index (χ3n) is 2.66. The van der Waals surface area contributed by atoms with Crippen LogP contribution < -0.4 is 10.6 Å². The van der Waals surface area contributed by atoms with Gasteiger partial charge in [0.1, 0.15) is 0 Å². The third kappa shape index (κ3) is 5.49. The minimum absolute atomic E-state index is 0.0129. The maximum atomic E-state index is 11.3. The number of nitrogens with one attached hydrogen (secondary N) is 2. The Morgan fingerprint density at radius 3 is 2.84 bits per heavy atom. The summed E-state index contributed by atoms with van der Waals surface area (Å²) in [5.41, 5.74) is 1.57. The van der Waals surface area contributed by atoms with Crippen LogP contribution in [0.4, 0.5) is 11.4 Å². The normalized spacial score (nSPS) is 12.0. The Bertz CT molecular complexity index is 424. The van der Waals surface area contributed by atoms with Crippen LogP contribution in [0.15, 0.2) is 18.2 Å². The van der Waals surface area contributed by atoms with Crippen molar-refractivity contribution in [2.75, 3.05) is 30.9 Å². The molecule has 0 saturated carbocycles. The van der Waals surface area contributed by atoms with E-state index in [1.54, 1.807) is 19.2 Å². The van der Waals surface area contributed by atoms with Crippen LogP contribution in [-0.4, -0.2) is 26.2 Å². The lowest BCUT2D eigenvalue weighted by Gasteiger charge is -2.14. The summed E-state index contributed by atoms with van der Waals surface area (Å²) in [4.78, 5) is 11.3. The maximum Gasteiger partial charge on any atom is 0.224 e. The molecule has 1 atom stereocenters. The van der Waals surface area contributed by atoms with Crippen LogP contribution >= 0.6 is 11.6 Å². The Morgan fingerprint density at radius 1 is 1.47 bits per heavy atom. The maximum absolute atomic E-state index is 11.3. The monoisotopic (exact) mass is 284 g/mol. The van der Waals surface area contributed by atoms with E-state index < -0.39 is 0 Å². The number of halogens is 1. The second kappa shape index (κ2) is 8.02. The average molecular weight is 285 g/mol.